The lowest BCUT2D eigenvalue weighted by Gasteiger charge is -2.05. The second kappa shape index (κ2) is 9.41. The van der Waals surface area contributed by atoms with Crippen LogP contribution in [0.3, 0.4) is 0 Å². The molecule has 2 aromatic carbocycles. The molecule has 0 saturated heterocycles. The Balaban J connectivity index is 1.65. The fraction of sp³-hybridized carbons (Fsp3) is 0.263. The minimum absolute atomic E-state index is 0.0107. The van der Waals surface area contributed by atoms with Gasteiger partial charge >= 0.3 is 0 Å². The monoisotopic (exact) mass is 310 g/mol. The first-order chi connectivity index (χ1) is 11.3. The van der Waals surface area contributed by atoms with Crippen LogP contribution >= 0.6 is 0 Å². The lowest BCUT2D eigenvalue weighted by atomic mass is 10.2. The summed E-state index contributed by atoms with van der Waals surface area (Å²) < 4.78 is 0. The third-order valence-corrected chi connectivity index (χ3v) is 3.48. The summed E-state index contributed by atoms with van der Waals surface area (Å²) in [5.41, 5.74) is 1.30. The molecule has 0 saturated carbocycles. The predicted octanol–water partition coefficient (Wildman–Crippen LogP) is 3.10. The van der Waals surface area contributed by atoms with Gasteiger partial charge in [-0.05, 0) is 43.5 Å². The molecule has 0 radical (unpaired) electrons. The highest BCUT2D eigenvalue weighted by atomic mass is 16.1. The highest BCUT2D eigenvalue weighted by molar-refractivity contribution is 5.42. The van der Waals surface area contributed by atoms with Crippen molar-refractivity contribution in [3.8, 4) is 0 Å². The van der Waals surface area contributed by atoms with E-state index in [9.17, 15) is 9.59 Å². The predicted molar refractivity (Wildman–Crippen MR) is 96.3 cm³/mol. The van der Waals surface area contributed by atoms with Gasteiger partial charge < -0.3 is 10.6 Å². The van der Waals surface area contributed by atoms with Gasteiger partial charge in [-0.25, -0.2) is 0 Å². The van der Waals surface area contributed by atoms with Gasteiger partial charge in [-0.3, -0.25) is 9.59 Å². The lowest BCUT2D eigenvalue weighted by molar-refractivity contribution is 0.720. The third-order valence-electron chi connectivity index (χ3n) is 3.48. The molecule has 0 aliphatic rings. The highest BCUT2D eigenvalue weighted by Crippen LogP contribution is 2.02. The summed E-state index contributed by atoms with van der Waals surface area (Å²) in [5.74, 6) is 0. The van der Waals surface area contributed by atoms with Gasteiger partial charge in [0.1, 0.15) is 0 Å². The van der Waals surface area contributed by atoms with E-state index in [2.05, 4.69) is 10.6 Å². The Morgan fingerprint density at radius 1 is 0.565 bits per heavy atom. The van der Waals surface area contributed by atoms with Crippen molar-refractivity contribution in [1.82, 2.24) is 0 Å². The molecular formula is C19H22N2O2. The Morgan fingerprint density at radius 2 is 1.00 bits per heavy atom. The third kappa shape index (κ3) is 5.94. The van der Waals surface area contributed by atoms with Crippen LogP contribution in [0.5, 0.6) is 0 Å². The molecule has 0 aromatic heterocycles. The molecule has 120 valence electrons. The highest BCUT2D eigenvalue weighted by Gasteiger charge is 1.97. The van der Waals surface area contributed by atoms with Crippen molar-refractivity contribution < 1.29 is 0 Å². The van der Waals surface area contributed by atoms with Crippen LogP contribution in [0.25, 0.3) is 0 Å². The maximum absolute atomic E-state index is 11.7. The van der Waals surface area contributed by atoms with E-state index in [0.29, 0.717) is 11.4 Å². The van der Waals surface area contributed by atoms with Crippen LogP contribution < -0.4 is 21.5 Å². The molecule has 2 aromatic rings. The first kappa shape index (κ1) is 16.7. The average Bonchev–Trinajstić information content (AvgIpc) is 2.87. The minimum atomic E-state index is 0.0107. The van der Waals surface area contributed by atoms with Crippen LogP contribution in [-0.4, -0.2) is 13.1 Å². The van der Waals surface area contributed by atoms with Gasteiger partial charge in [0.05, 0.1) is 11.4 Å². The zero-order valence-corrected chi connectivity index (χ0v) is 13.1. The number of unbranched alkanes of at least 4 members (excludes halogenated alkanes) is 2. The quantitative estimate of drug-likeness (QED) is 0.736. The van der Waals surface area contributed by atoms with Crippen molar-refractivity contribution in [2.24, 2.45) is 0 Å². The number of anilines is 2. The molecule has 0 spiro atoms. The van der Waals surface area contributed by atoms with E-state index >= 15 is 0 Å². The summed E-state index contributed by atoms with van der Waals surface area (Å²) in [6.07, 6.45) is 2.99. The molecule has 2 rings (SSSR count). The Morgan fingerprint density at radius 3 is 1.48 bits per heavy atom. The zero-order valence-electron chi connectivity index (χ0n) is 13.1. The molecule has 0 amide bonds. The van der Waals surface area contributed by atoms with Gasteiger partial charge in [0.2, 0.25) is 10.9 Å². The van der Waals surface area contributed by atoms with Crippen molar-refractivity contribution in [2.45, 2.75) is 19.3 Å². The Hall–Kier alpha value is -2.62. The summed E-state index contributed by atoms with van der Waals surface area (Å²) in [7, 11) is 0. The van der Waals surface area contributed by atoms with E-state index in [0.717, 1.165) is 32.4 Å². The van der Waals surface area contributed by atoms with Crippen LogP contribution in [0.2, 0.25) is 0 Å². The number of rotatable bonds is 8. The fourth-order valence-corrected chi connectivity index (χ4v) is 2.23. The summed E-state index contributed by atoms with van der Waals surface area (Å²) in [5, 5.41) is 6.34. The summed E-state index contributed by atoms with van der Waals surface area (Å²) >= 11 is 0. The average molecular weight is 310 g/mol. The van der Waals surface area contributed by atoms with Crippen LogP contribution in [-0.2, 0) is 0 Å². The van der Waals surface area contributed by atoms with Gasteiger partial charge in [-0.1, -0.05) is 36.4 Å². The van der Waals surface area contributed by atoms with Gasteiger partial charge in [0.15, 0.2) is 0 Å². The Kier molecular flexibility index (Phi) is 6.85. The van der Waals surface area contributed by atoms with E-state index in [4.69, 9.17) is 0 Å². The van der Waals surface area contributed by atoms with Crippen molar-refractivity contribution >= 4 is 11.4 Å². The second-order valence-corrected chi connectivity index (χ2v) is 5.29. The van der Waals surface area contributed by atoms with Gasteiger partial charge in [0, 0.05) is 13.1 Å². The maximum atomic E-state index is 11.7. The van der Waals surface area contributed by atoms with Gasteiger partial charge in [-0.2, -0.15) is 0 Å². The number of nitrogens with one attached hydrogen (secondary N) is 2. The summed E-state index contributed by atoms with van der Waals surface area (Å²) in [6, 6.07) is 17.6. The van der Waals surface area contributed by atoms with Gasteiger partial charge in [-0.15, -0.1) is 0 Å². The summed E-state index contributed by atoms with van der Waals surface area (Å²) in [4.78, 5) is 23.4. The summed E-state index contributed by atoms with van der Waals surface area (Å²) in [6.45, 7) is 1.54. The molecule has 0 fully saturated rings. The van der Waals surface area contributed by atoms with Crippen LogP contribution in [0.15, 0.2) is 70.3 Å². The minimum Gasteiger partial charge on any atom is -0.382 e. The molecule has 4 heteroatoms. The molecule has 0 aliphatic heterocycles. The molecular weight excluding hydrogens is 288 g/mol. The number of hydrogen-bond acceptors (Lipinski definition) is 4. The normalized spacial score (nSPS) is 10.1. The maximum Gasteiger partial charge on any atom is 0.201 e. The molecule has 0 unspecified atom stereocenters. The largest absolute Gasteiger partial charge is 0.382 e. The van der Waals surface area contributed by atoms with E-state index in [1.165, 1.54) is 0 Å². The smallest absolute Gasteiger partial charge is 0.201 e. The zero-order chi connectivity index (χ0) is 16.3. The van der Waals surface area contributed by atoms with Gasteiger partial charge in [0.25, 0.3) is 0 Å². The van der Waals surface area contributed by atoms with E-state index < -0.39 is 0 Å². The topological polar surface area (TPSA) is 58.2 Å². The van der Waals surface area contributed by atoms with Crippen LogP contribution in [0.4, 0.5) is 11.4 Å². The van der Waals surface area contributed by atoms with E-state index in [1.54, 1.807) is 36.4 Å². The standard InChI is InChI=1S/C19H22N2O2/c22-18-12-6-1-4-10-16(18)20-14-8-3-9-15-21-17-11-5-2-7-13-19(17)23/h1-2,4-7,10-13H,3,8-9,14-15H2,(H,20,22)(H,21,23). The number of hydrogen-bond donors (Lipinski definition) is 2. The van der Waals surface area contributed by atoms with E-state index in [1.807, 2.05) is 24.3 Å². The SMILES string of the molecule is O=c1cccccc1NCCCCCNc1cccccc1=O. The van der Waals surface area contributed by atoms with Crippen molar-refractivity contribution in [2.75, 3.05) is 23.7 Å². The molecule has 4 nitrogen and oxygen atoms in total. The molecule has 2 N–H and O–H groups in total. The fourth-order valence-electron chi connectivity index (χ4n) is 2.23. The molecule has 0 heterocycles. The Bertz CT molecular complexity index is 669. The molecule has 0 atom stereocenters. The molecule has 23 heavy (non-hydrogen) atoms. The van der Waals surface area contributed by atoms with Crippen molar-refractivity contribution in [3.05, 3.63) is 81.1 Å². The van der Waals surface area contributed by atoms with E-state index in [-0.39, 0.29) is 10.9 Å². The molecule has 0 bridgehead atoms. The lowest BCUT2D eigenvalue weighted by Crippen LogP contribution is -2.11. The molecule has 0 aliphatic carbocycles. The van der Waals surface area contributed by atoms with Crippen LogP contribution in [0, 0.1) is 0 Å². The van der Waals surface area contributed by atoms with Crippen LogP contribution in [0.1, 0.15) is 19.3 Å². The van der Waals surface area contributed by atoms with Crippen molar-refractivity contribution in [3.63, 3.8) is 0 Å². The first-order valence-electron chi connectivity index (χ1n) is 7.94. The first-order valence-corrected chi connectivity index (χ1v) is 7.94. The second-order valence-electron chi connectivity index (χ2n) is 5.29. The Labute approximate surface area is 136 Å². The van der Waals surface area contributed by atoms with Crippen molar-refractivity contribution in [1.29, 1.82) is 0 Å².